The standard InChI is InChI=1S/C15H27N5.HI/c1-3-4-10-19-15(16-2)20-13-8-7-12-18-14-9-5-6-11-17-14;/h5-6,9,11H,3-4,7-8,10,12-13H2,1-2H3,(H,17,18)(H2,16,19,20);1H. The largest absolute Gasteiger partial charge is 0.370 e. The zero-order valence-corrected chi connectivity index (χ0v) is 15.4. The Morgan fingerprint density at radius 3 is 2.43 bits per heavy atom. The molecule has 0 spiro atoms. The van der Waals surface area contributed by atoms with Gasteiger partial charge in [0.15, 0.2) is 5.96 Å². The molecule has 1 rings (SSSR count). The molecule has 120 valence electrons. The summed E-state index contributed by atoms with van der Waals surface area (Å²) in [7, 11) is 1.81. The van der Waals surface area contributed by atoms with Crippen molar-refractivity contribution in [3.05, 3.63) is 24.4 Å². The predicted octanol–water partition coefficient (Wildman–Crippen LogP) is 2.86. The van der Waals surface area contributed by atoms with Gasteiger partial charge in [-0.1, -0.05) is 19.4 Å². The third kappa shape index (κ3) is 10.3. The van der Waals surface area contributed by atoms with E-state index in [0.29, 0.717) is 0 Å². The molecule has 0 amide bonds. The highest BCUT2D eigenvalue weighted by atomic mass is 127. The first-order chi connectivity index (χ1) is 9.86. The lowest BCUT2D eigenvalue weighted by Crippen LogP contribution is -2.38. The van der Waals surface area contributed by atoms with E-state index in [0.717, 1.165) is 44.3 Å². The van der Waals surface area contributed by atoms with Crippen LogP contribution >= 0.6 is 24.0 Å². The van der Waals surface area contributed by atoms with Crippen LogP contribution in [-0.2, 0) is 0 Å². The van der Waals surface area contributed by atoms with Crippen molar-refractivity contribution in [2.45, 2.75) is 32.6 Å². The average Bonchev–Trinajstić information content (AvgIpc) is 2.50. The van der Waals surface area contributed by atoms with Gasteiger partial charge in [-0.05, 0) is 31.4 Å². The van der Waals surface area contributed by atoms with Crippen LogP contribution in [0.3, 0.4) is 0 Å². The first-order valence-electron chi connectivity index (χ1n) is 7.46. The molecule has 0 aliphatic heterocycles. The first kappa shape index (κ1) is 19.9. The SMILES string of the molecule is CCCCNC(=NC)NCCCCNc1ccccn1.I. The molecule has 0 unspecified atom stereocenters. The maximum Gasteiger partial charge on any atom is 0.190 e. The molecule has 0 aromatic carbocycles. The van der Waals surface area contributed by atoms with E-state index in [1.807, 2.05) is 25.2 Å². The van der Waals surface area contributed by atoms with Crippen LogP contribution in [0.25, 0.3) is 0 Å². The lowest BCUT2D eigenvalue weighted by molar-refractivity contribution is 0.695. The monoisotopic (exact) mass is 405 g/mol. The van der Waals surface area contributed by atoms with Crippen LogP contribution in [0.15, 0.2) is 29.4 Å². The number of aliphatic imine (C=N–C) groups is 1. The van der Waals surface area contributed by atoms with Crippen LogP contribution < -0.4 is 16.0 Å². The van der Waals surface area contributed by atoms with Crippen molar-refractivity contribution in [1.29, 1.82) is 0 Å². The Bertz CT molecular complexity index is 370. The van der Waals surface area contributed by atoms with E-state index in [9.17, 15) is 0 Å². The molecule has 0 saturated heterocycles. The number of nitrogens with zero attached hydrogens (tertiary/aromatic N) is 2. The normalized spacial score (nSPS) is 10.7. The van der Waals surface area contributed by atoms with Crippen molar-refractivity contribution >= 4 is 35.8 Å². The second kappa shape index (κ2) is 13.9. The van der Waals surface area contributed by atoms with Crippen LogP contribution in [0.2, 0.25) is 0 Å². The van der Waals surface area contributed by atoms with Gasteiger partial charge in [0.2, 0.25) is 0 Å². The van der Waals surface area contributed by atoms with E-state index in [2.05, 4.69) is 32.9 Å². The van der Waals surface area contributed by atoms with Crippen molar-refractivity contribution in [1.82, 2.24) is 15.6 Å². The van der Waals surface area contributed by atoms with Gasteiger partial charge in [0.1, 0.15) is 5.82 Å². The van der Waals surface area contributed by atoms with E-state index in [4.69, 9.17) is 0 Å². The Kier molecular flexibility index (Phi) is 13.2. The minimum Gasteiger partial charge on any atom is -0.370 e. The van der Waals surface area contributed by atoms with Crippen molar-refractivity contribution in [3.63, 3.8) is 0 Å². The summed E-state index contributed by atoms with van der Waals surface area (Å²) in [5.74, 6) is 1.84. The fraction of sp³-hybridized carbons (Fsp3) is 0.600. The molecule has 21 heavy (non-hydrogen) atoms. The fourth-order valence-corrected chi connectivity index (χ4v) is 1.74. The Labute approximate surface area is 145 Å². The molecule has 0 fully saturated rings. The Morgan fingerprint density at radius 2 is 1.81 bits per heavy atom. The Balaban J connectivity index is 0.00000400. The third-order valence-corrected chi connectivity index (χ3v) is 2.91. The average molecular weight is 405 g/mol. The number of anilines is 1. The highest BCUT2D eigenvalue weighted by molar-refractivity contribution is 14.0. The molecule has 5 nitrogen and oxygen atoms in total. The first-order valence-corrected chi connectivity index (χ1v) is 7.46. The highest BCUT2D eigenvalue weighted by Gasteiger charge is 1.96. The number of pyridine rings is 1. The number of halogens is 1. The number of unbranched alkanes of at least 4 members (excludes halogenated alkanes) is 2. The summed E-state index contributed by atoms with van der Waals surface area (Å²) >= 11 is 0. The van der Waals surface area contributed by atoms with Gasteiger partial charge in [-0.15, -0.1) is 24.0 Å². The van der Waals surface area contributed by atoms with Gasteiger partial charge in [-0.3, -0.25) is 4.99 Å². The number of guanidine groups is 1. The van der Waals surface area contributed by atoms with Crippen LogP contribution in [0.1, 0.15) is 32.6 Å². The van der Waals surface area contributed by atoms with Crippen molar-refractivity contribution in [3.8, 4) is 0 Å². The fourth-order valence-electron chi connectivity index (χ4n) is 1.74. The summed E-state index contributed by atoms with van der Waals surface area (Å²) in [6, 6.07) is 5.90. The van der Waals surface area contributed by atoms with Gasteiger partial charge in [0, 0.05) is 32.9 Å². The maximum atomic E-state index is 4.22. The minimum atomic E-state index is 0. The lowest BCUT2D eigenvalue weighted by atomic mass is 10.3. The van der Waals surface area contributed by atoms with E-state index < -0.39 is 0 Å². The molecule has 0 bridgehead atoms. The van der Waals surface area contributed by atoms with Gasteiger partial charge >= 0.3 is 0 Å². The summed E-state index contributed by atoms with van der Waals surface area (Å²) in [5, 5.41) is 9.93. The summed E-state index contributed by atoms with van der Waals surface area (Å²) < 4.78 is 0. The van der Waals surface area contributed by atoms with Gasteiger partial charge in [-0.2, -0.15) is 0 Å². The molecule has 6 heteroatoms. The van der Waals surface area contributed by atoms with Gasteiger partial charge < -0.3 is 16.0 Å². The summed E-state index contributed by atoms with van der Waals surface area (Å²) in [4.78, 5) is 8.42. The summed E-state index contributed by atoms with van der Waals surface area (Å²) in [6.07, 6.45) is 6.39. The van der Waals surface area contributed by atoms with Crippen LogP contribution in [-0.4, -0.2) is 37.6 Å². The van der Waals surface area contributed by atoms with Gasteiger partial charge in [-0.25, -0.2) is 4.98 Å². The van der Waals surface area contributed by atoms with E-state index in [1.54, 1.807) is 6.20 Å². The summed E-state index contributed by atoms with van der Waals surface area (Å²) in [6.45, 7) is 5.06. The summed E-state index contributed by atoms with van der Waals surface area (Å²) in [5.41, 5.74) is 0. The molecular formula is C15H28IN5. The number of nitrogens with one attached hydrogen (secondary N) is 3. The number of rotatable bonds is 9. The Hall–Kier alpha value is -1.05. The maximum absolute atomic E-state index is 4.22. The number of aromatic nitrogens is 1. The molecule has 3 N–H and O–H groups in total. The molecule has 0 saturated carbocycles. The molecule has 0 aliphatic rings. The van der Waals surface area contributed by atoms with Crippen molar-refractivity contribution in [2.24, 2.45) is 4.99 Å². The zero-order chi connectivity index (χ0) is 14.5. The second-order valence-corrected chi connectivity index (χ2v) is 4.63. The van der Waals surface area contributed by atoms with Crippen LogP contribution in [0.5, 0.6) is 0 Å². The second-order valence-electron chi connectivity index (χ2n) is 4.63. The quantitative estimate of drug-likeness (QED) is 0.256. The van der Waals surface area contributed by atoms with E-state index >= 15 is 0 Å². The van der Waals surface area contributed by atoms with Crippen LogP contribution in [0.4, 0.5) is 5.82 Å². The molecule has 0 aliphatic carbocycles. The smallest absolute Gasteiger partial charge is 0.190 e. The number of hydrogen-bond acceptors (Lipinski definition) is 3. The lowest BCUT2D eigenvalue weighted by Gasteiger charge is -2.11. The minimum absolute atomic E-state index is 0. The zero-order valence-electron chi connectivity index (χ0n) is 13.1. The van der Waals surface area contributed by atoms with Gasteiger partial charge in [0.05, 0.1) is 0 Å². The molecule has 1 aromatic rings. The van der Waals surface area contributed by atoms with E-state index in [-0.39, 0.29) is 24.0 Å². The third-order valence-electron chi connectivity index (χ3n) is 2.91. The molecule has 0 radical (unpaired) electrons. The van der Waals surface area contributed by atoms with Crippen molar-refractivity contribution in [2.75, 3.05) is 32.0 Å². The Morgan fingerprint density at radius 1 is 1.10 bits per heavy atom. The molecule has 1 aromatic heterocycles. The van der Waals surface area contributed by atoms with E-state index in [1.165, 1.54) is 12.8 Å². The van der Waals surface area contributed by atoms with Crippen molar-refractivity contribution < 1.29 is 0 Å². The molecular weight excluding hydrogens is 377 g/mol. The van der Waals surface area contributed by atoms with Gasteiger partial charge in [0.25, 0.3) is 0 Å². The highest BCUT2D eigenvalue weighted by Crippen LogP contribution is 1.99. The van der Waals surface area contributed by atoms with Crippen LogP contribution in [0, 0.1) is 0 Å². The predicted molar refractivity (Wildman–Crippen MR) is 102 cm³/mol. The number of hydrogen-bond donors (Lipinski definition) is 3. The molecule has 1 heterocycles. The molecule has 0 atom stereocenters. The topological polar surface area (TPSA) is 61.3 Å².